The van der Waals surface area contributed by atoms with Gasteiger partial charge in [-0.05, 0) is 25.2 Å². The predicted octanol–water partition coefficient (Wildman–Crippen LogP) is 5.17. The number of carbonyl (C=O) groups is 1. The molecule has 0 amide bonds. The lowest BCUT2D eigenvalue weighted by molar-refractivity contribution is -0.144. The quantitative estimate of drug-likeness (QED) is 0.155. The first-order valence-electron chi connectivity index (χ1n) is 12.1. The molecule has 0 radical (unpaired) electrons. The van der Waals surface area contributed by atoms with Crippen molar-refractivity contribution in [2.75, 3.05) is 59.5 Å². The molecule has 0 aliphatic rings. The van der Waals surface area contributed by atoms with Crippen LogP contribution in [0.5, 0.6) is 0 Å². The van der Waals surface area contributed by atoms with Crippen molar-refractivity contribution in [1.82, 2.24) is 0 Å². The van der Waals surface area contributed by atoms with Crippen LogP contribution in [0.15, 0.2) is 0 Å². The average Bonchev–Trinajstić information content (AvgIpc) is 2.72. The molecule has 0 aliphatic heterocycles. The van der Waals surface area contributed by atoms with Gasteiger partial charge in [0.25, 0.3) is 0 Å². The smallest absolute Gasteiger partial charge is 0.305 e. The molecule has 0 saturated carbocycles. The van der Waals surface area contributed by atoms with Crippen molar-refractivity contribution >= 4 is 5.97 Å². The summed E-state index contributed by atoms with van der Waals surface area (Å²) in [4.78, 5) is 11.6. The number of hydrogen-bond acceptors (Lipinski definition) is 6. The van der Waals surface area contributed by atoms with Crippen molar-refractivity contribution in [2.24, 2.45) is 5.92 Å². The molecule has 30 heavy (non-hydrogen) atoms. The zero-order chi connectivity index (χ0) is 22.1. The van der Waals surface area contributed by atoms with Crippen LogP contribution in [0.1, 0.15) is 85.0 Å². The van der Waals surface area contributed by atoms with Gasteiger partial charge >= 0.3 is 5.97 Å². The van der Waals surface area contributed by atoms with Crippen LogP contribution >= 0.6 is 0 Å². The van der Waals surface area contributed by atoms with Gasteiger partial charge in [0.15, 0.2) is 0 Å². The Bertz CT molecular complexity index is 349. The van der Waals surface area contributed by atoms with E-state index in [1.807, 2.05) is 0 Å². The topological polar surface area (TPSA) is 63.2 Å². The van der Waals surface area contributed by atoms with Gasteiger partial charge in [-0.15, -0.1) is 0 Å². The number of esters is 1. The summed E-state index contributed by atoms with van der Waals surface area (Å²) in [6, 6.07) is 0. The number of carbonyl (C=O) groups excluding carboxylic acids is 1. The lowest BCUT2D eigenvalue weighted by Gasteiger charge is -2.08. The molecule has 0 unspecified atom stereocenters. The fourth-order valence-electron chi connectivity index (χ4n) is 2.72. The van der Waals surface area contributed by atoms with E-state index < -0.39 is 0 Å². The summed E-state index contributed by atoms with van der Waals surface area (Å²) in [5.74, 6) is 0.557. The minimum absolute atomic E-state index is 0.119. The monoisotopic (exact) mass is 432 g/mol. The van der Waals surface area contributed by atoms with Crippen molar-refractivity contribution in [3.05, 3.63) is 0 Å². The fourth-order valence-corrected chi connectivity index (χ4v) is 2.72. The van der Waals surface area contributed by atoms with Crippen LogP contribution in [0.4, 0.5) is 0 Å². The van der Waals surface area contributed by atoms with Crippen molar-refractivity contribution in [3.63, 3.8) is 0 Å². The minimum atomic E-state index is -0.119. The van der Waals surface area contributed by atoms with Gasteiger partial charge < -0.3 is 23.7 Å². The van der Waals surface area contributed by atoms with Gasteiger partial charge in [-0.1, -0.05) is 59.3 Å². The van der Waals surface area contributed by atoms with Crippen molar-refractivity contribution < 1.29 is 28.5 Å². The molecular formula is C24H48O6. The number of hydrogen-bond donors (Lipinski definition) is 0. The Balaban J connectivity index is 3.13. The molecule has 0 rings (SSSR count). The maximum Gasteiger partial charge on any atom is 0.305 e. The lowest BCUT2D eigenvalue weighted by Crippen LogP contribution is -2.13. The van der Waals surface area contributed by atoms with E-state index in [4.69, 9.17) is 23.7 Å². The standard InChI is InChI=1S/C24H48O6/c1-4-5-6-7-8-9-10-15-30-24(25)12-11-14-26-17-19-28-21-22-29-20-18-27-16-13-23(2)3/h23H,4-22H2,1-3H3. The number of unbranched alkanes of at least 4 members (excludes halogenated alkanes) is 6. The van der Waals surface area contributed by atoms with Crippen molar-refractivity contribution in [1.29, 1.82) is 0 Å². The Morgan fingerprint density at radius 3 is 1.67 bits per heavy atom. The van der Waals surface area contributed by atoms with E-state index in [2.05, 4.69) is 20.8 Å². The average molecular weight is 433 g/mol. The second-order valence-electron chi connectivity index (χ2n) is 8.08. The first-order chi connectivity index (χ1) is 14.7. The summed E-state index contributed by atoms with van der Waals surface area (Å²) in [6.45, 7) is 11.9. The van der Waals surface area contributed by atoms with E-state index in [0.29, 0.717) is 71.6 Å². The van der Waals surface area contributed by atoms with Crippen molar-refractivity contribution in [2.45, 2.75) is 85.0 Å². The van der Waals surface area contributed by atoms with E-state index in [1.54, 1.807) is 0 Å². The molecule has 0 bridgehead atoms. The van der Waals surface area contributed by atoms with Gasteiger partial charge in [0.05, 0.1) is 46.2 Å². The van der Waals surface area contributed by atoms with Crippen LogP contribution in [0.3, 0.4) is 0 Å². The van der Waals surface area contributed by atoms with E-state index in [9.17, 15) is 4.79 Å². The summed E-state index contributed by atoms with van der Waals surface area (Å²) in [6.07, 6.45) is 10.8. The van der Waals surface area contributed by atoms with Crippen LogP contribution in [0, 0.1) is 5.92 Å². The molecule has 0 aromatic heterocycles. The van der Waals surface area contributed by atoms with Gasteiger partial charge in [-0.3, -0.25) is 4.79 Å². The number of rotatable bonds is 24. The van der Waals surface area contributed by atoms with Gasteiger partial charge in [-0.2, -0.15) is 0 Å². The highest BCUT2D eigenvalue weighted by molar-refractivity contribution is 5.69. The molecule has 0 heterocycles. The molecule has 0 spiro atoms. The third-order valence-electron chi connectivity index (χ3n) is 4.64. The summed E-state index contributed by atoms with van der Waals surface area (Å²) < 4.78 is 27.1. The molecule has 180 valence electrons. The molecule has 0 aromatic carbocycles. The zero-order valence-corrected chi connectivity index (χ0v) is 20.0. The van der Waals surface area contributed by atoms with Crippen molar-refractivity contribution in [3.8, 4) is 0 Å². The SMILES string of the molecule is CCCCCCCCCOC(=O)CCCOCCOCCOCCOCCC(C)C. The van der Waals surface area contributed by atoms with Crippen LogP contribution in [-0.2, 0) is 28.5 Å². The molecule has 0 fully saturated rings. The summed E-state index contributed by atoms with van der Waals surface area (Å²) in [5.41, 5.74) is 0. The van der Waals surface area contributed by atoms with E-state index in [0.717, 1.165) is 25.9 Å². The highest BCUT2D eigenvalue weighted by Gasteiger charge is 2.02. The first-order valence-corrected chi connectivity index (χ1v) is 12.1. The summed E-state index contributed by atoms with van der Waals surface area (Å²) in [5, 5.41) is 0. The van der Waals surface area contributed by atoms with Gasteiger partial charge in [0.2, 0.25) is 0 Å². The van der Waals surface area contributed by atoms with Gasteiger partial charge in [-0.25, -0.2) is 0 Å². The van der Waals surface area contributed by atoms with E-state index in [1.165, 1.54) is 32.1 Å². The Morgan fingerprint density at radius 1 is 0.600 bits per heavy atom. The van der Waals surface area contributed by atoms with Crippen LogP contribution in [-0.4, -0.2) is 65.4 Å². The molecule has 0 N–H and O–H groups in total. The molecular weight excluding hydrogens is 384 g/mol. The Morgan fingerprint density at radius 2 is 1.10 bits per heavy atom. The third kappa shape index (κ3) is 25.3. The highest BCUT2D eigenvalue weighted by Crippen LogP contribution is 2.07. The second-order valence-corrected chi connectivity index (χ2v) is 8.08. The summed E-state index contributed by atoms with van der Waals surface area (Å²) >= 11 is 0. The Kier molecular flexibility index (Phi) is 24.0. The van der Waals surface area contributed by atoms with E-state index >= 15 is 0 Å². The fraction of sp³-hybridized carbons (Fsp3) is 0.958. The zero-order valence-electron chi connectivity index (χ0n) is 20.0. The molecule has 0 aliphatic carbocycles. The van der Waals surface area contributed by atoms with Crippen LogP contribution in [0.25, 0.3) is 0 Å². The van der Waals surface area contributed by atoms with Gasteiger partial charge in [0.1, 0.15) is 0 Å². The molecule has 6 heteroatoms. The number of ether oxygens (including phenoxy) is 5. The third-order valence-corrected chi connectivity index (χ3v) is 4.64. The lowest BCUT2D eigenvalue weighted by atomic mass is 10.1. The summed E-state index contributed by atoms with van der Waals surface area (Å²) in [7, 11) is 0. The first kappa shape index (κ1) is 29.3. The maximum atomic E-state index is 11.6. The highest BCUT2D eigenvalue weighted by atomic mass is 16.6. The largest absolute Gasteiger partial charge is 0.466 e. The second kappa shape index (κ2) is 24.6. The predicted molar refractivity (Wildman–Crippen MR) is 121 cm³/mol. The van der Waals surface area contributed by atoms with E-state index in [-0.39, 0.29) is 5.97 Å². The molecule has 0 saturated heterocycles. The Hall–Kier alpha value is -0.690. The Labute approximate surface area is 185 Å². The maximum absolute atomic E-state index is 11.6. The molecule has 0 atom stereocenters. The molecule has 0 aromatic rings. The van der Waals surface area contributed by atoms with Crippen LogP contribution in [0.2, 0.25) is 0 Å². The van der Waals surface area contributed by atoms with Crippen LogP contribution < -0.4 is 0 Å². The minimum Gasteiger partial charge on any atom is -0.466 e. The van der Waals surface area contributed by atoms with Gasteiger partial charge in [0, 0.05) is 19.6 Å². The molecule has 6 nitrogen and oxygen atoms in total. The normalized spacial score (nSPS) is 11.3.